The van der Waals surface area contributed by atoms with Crippen molar-refractivity contribution in [2.45, 2.75) is 37.8 Å². The van der Waals surface area contributed by atoms with Crippen molar-refractivity contribution in [1.82, 2.24) is 10.2 Å². The van der Waals surface area contributed by atoms with Crippen LogP contribution in [0.5, 0.6) is 17.2 Å². The second-order valence-electron chi connectivity index (χ2n) is 10.8. The third-order valence-electron chi connectivity index (χ3n) is 7.61. The number of sulfonamides is 1. The molecule has 11 heteroatoms. The zero-order valence-corrected chi connectivity index (χ0v) is 28.1. The molecule has 0 aliphatic heterocycles. The molecule has 0 aromatic heterocycles. The van der Waals surface area contributed by atoms with Crippen LogP contribution in [0.2, 0.25) is 0 Å². The number of hydrogen-bond acceptors (Lipinski definition) is 7. The largest absolute Gasteiger partial charge is 0.494 e. The van der Waals surface area contributed by atoms with Crippen molar-refractivity contribution in [2.75, 3.05) is 38.7 Å². The van der Waals surface area contributed by atoms with Crippen LogP contribution in [0.1, 0.15) is 23.6 Å². The maximum atomic E-state index is 14.5. The predicted octanol–water partition coefficient (Wildman–Crippen LogP) is 4.99. The Hall–Kier alpha value is -5.03. The minimum Gasteiger partial charge on any atom is -0.494 e. The highest BCUT2D eigenvalue weighted by Crippen LogP contribution is 2.33. The van der Waals surface area contributed by atoms with Gasteiger partial charge in [0.15, 0.2) is 11.5 Å². The van der Waals surface area contributed by atoms with Gasteiger partial charge in [0, 0.05) is 26.1 Å². The molecule has 0 unspecified atom stereocenters. The number of nitrogens with one attached hydrogen (secondary N) is 1. The highest BCUT2D eigenvalue weighted by molar-refractivity contribution is 7.92. The van der Waals surface area contributed by atoms with Crippen molar-refractivity contribution < 1.29 is 32.2 Å². The second kappa shape index (κ2) is 16.0. The molecule has 4 rings (SSSR count). The van der Waals surface area contributed by atoms with Crippen molar-refractivity contribution in [2.24, 2.45) is 0 Å². The van der Waals surface area contributed by atoms with E-state index in [9.17, 15) is 18.0 Å². The van der Waals surface area contributed by atoms with Gasteiger partial charge in [0.2, 0.25) is 11.8 Å². The first-order valence-corrected chi connectivity index (χ1v) is 16.6. The summed E-state index contributed by atoms with van der Waals surface area (Å²) in [4.78, 5) is 29.3. The molecule has 0 spiro atoms. The van der Waals surface area contributed by atoms with Crippen molar-refractivity contribution in [3.63, 3.8) is 0 Å². The molecule has 4 aromatic carbocycles. The average Bonchev–Trinajstić information content (AvgIpc) is 3.08. The lowest BCUT2D eigenvalue weighted by molar-refractivity contribution is -0.139. The van der Waals surface area contributed by atoms with Crippen LogP contribution in [0.15, 0.2) is 102 Å². The zero-order valence-electron chi connectivity index (χ0n) is 27.3. The minimum atomic E-state index is -4.35. The molecule has 0 heterocycles. The topological polar surface area (TPSA) is 114 Å². The van der Waals surface area contributed by atoms with Gasteiger partial charge in [-0.25, -0.2) is 8.42 Å². The number of aryl methyl sites for hydroxylation is 1. The first-order valence-electron chi connectivity index (χ1n) is 15.2. The fourth-order valence-corrected chi connectivity index (χ4v) is 6.67. The van der Waals surface area contributed by atoms with Crippen LogP contribution in [0.4, 0.5) is 5.69 Å². The molecular weight excluding hydrogens is 618 g/mol. The number of likely N-dealkylation sites (N-methyl/N-ethyl adjacent to an activating group) is 1. The summed E-state index contributed by atoms with van der Waals surface area (Å²) in [5, 5.41) is 2.70. The first-order chi connectivity index (χ1) is 22.6. The Kier molecular flexibility index (Phi) is 11.9. The molecule has 4 aromatic rings. The van der Waals surface area contributed by atoms with Crippen LogP contribution in [0.3, 0.4) is 0 Å². The molecule has 0 bridgehead atoms. The van der Waals surface area contributed by atoms with Gasteiger partial charge in [0.25, 0.3) is 10.0 Å². The smallest absolute Gasteiger partial charge is 0.264 e. The number of rotatable bonds is 15. The van der Waals surface area contributed by atoms with Crippen molar-refractivity contribution in [3.05, 3.63) is 114 Å². The fourth-order valence-electron chi connectivity index (χ4n) is 5.24. The number of ether oxygens (including phenoxy) is 3. The Bertz CT molecular complexity index is 1760. The Labute approximate surface area is 276 Å². The summed E-state index contributed by atoms with van der Waals surface area (Å²) < 4.78 is 46.0. The van der Waals surface area contributed by atoms with E-state index in [2.05, 4.69) is 5.32 Å². The van der Waals surface area contributed by atoms with E-state index in [4.69, 9.17) is 14.2 Å². The highest BCUT2D eigenvalue weighted by atomic mass is 32.2. The number of carbonyl (C=O) groups excluding carboxylic acids is 2. The number of hydrogen-bond donors (Lipinski definition) is 1. The van der Waals surface area contributed by atoms with Crippen LogP contribution in [-0.4, -0.2) is 65.6 Å². The number of benzene rings is 4. The van der Waals surface area contributed by atoms with E-state index in [1.54, 1.807) is 24.3 Å². The maximum absolute atomic E-state index is 14.5. The molecule has 0 saturated heterocycles. The quantitative estimate of drug-likeness (QED) is 0.191. The first kappa shape index (κ1) is 34.8. The highest BCUT2D eigenvalue weighted by Gasteiger charge is 2.34. The number of methoxy groups -OCH3 is 2. The van der Waals surface area contributed by atoms with Crippen LogP contribution >= 0.6 is 0 Å². The van der Waals surface area contributed by atoms with Crippen LogP contribution in [0.25, 0.3) is 0 Å². The number of anilines is 1. The molecule has 0 aliphatic rings. The molecule has 10 nitrogen and oxygen atoms in total. The maximum Gasteiger partial charge on any atom is 0.264 e. The third kappa shape index (κ3) is 8.62. The molecule has 1 atom stereocenters. The molecule has 248 valence electrons. The van der Waals surface area contributed by atoms with E-state index in [-0.39, 0.29) is 35.2 Å². The van der Waals surface area contributed by atoms with Gasteiger partial charge in [0.05, 0.1) is 31.4 Å². The van der Waals surface area contributed by atoms with Gasteiger partial charge in [-0.3, -0.25) is 13.9 Å². The van der Waals surface area contributed by atoms with E-state index in [0.29, 0.717) is 18.1 Å². The second-order valence-corrected chi connectivity index (χ2v) is 12.6. The summed E-state index contributed by atoms with van der Waals surface area (Å²) in [5.74, 6) is 0.192. The van der Waals surface area contributed by atoms with E-state index in [1.165, 1.54) is 44.4 Å². The summed E-state index contributed by atoms with van der Waals surface area (Å²) in [6.45, 7) is 3.72. The van der Waals surface area contributed by atoms with Gasteiger partial charge in [-0.15, -0.1) is 0 Å². The molecule has 0 aliphatic carbocycles. The Balaban J connectivity index is 1.82. The summed E-state index contributed by atoms with van der Waals surface area (Å²) in [6.07, 6.45) is 0.226. The lowest BCUT2D eigenvalue weighted by Crippen LogP contribution is -2.53. The number of amides is 2. The predicted molar refractivity (Wildman–Crippen MR) is 181 cm³/mol. The van der Waals surface area contributed by atoms with E-state index >= 15 is 0 Å². The lowest BCUT2D eigenvalue weighted by Gasteiger charge is -2.33. The number of nitrogens with zero attached hydrogens (tertiary/aromatic N) is 2. The van der Waals surface area contributed by atoms with Gasteiger partial charge in [-0.1, -0.05) is 60.2 Å². The third-order valence-corrected chi connectivity index (χ3v) is 9.38. The normalized spacial score (nSPS) is 11.7. The monoisotopic (exact) mass is 659 g/mol. The Morgan fingerprint density at radius 3 is 2.13 bits per heavy atom. The standard InChI is InChI=1S/C36H41N3O7S/c1-6-46-30-17-15-29(16-18-30)39(47(42,43)31-19-20-33(44-4)34(23-31)45-5)25-35(40)38(24-28-14-10-11-26(2)21-28)32(36(41)37-3)22-27-12-8-7-9-13-27/h7-21,23,32H,6,22,24-25H2,1-5H3,(H,37,41)/t32-/m0/s1. The zero-order chi connectivity index (χ0) is 34.0. The van der Waals surface area contributed by atoms with Gasteiger partial charge >= 0.3 is 0 Å². The summed E-state index contributed by atoms with van der Waals surface area (Å²) in [6, 6.07) is 26.8. The van der Waals surface area contributed by atoms with Crippen molar-refractivity contribution in [1.29, 1.82) is 0 Å². The molecular formula is C36H41N3O7S. The van der Waals surface area contributed by atoms with Crippen LogP contribution < -0.4 is 23.8 Å². The molecule has 0 fully saturated rings. The van der Waals surface area contributed by atoms with Crippen molar-refractivity contribution in [3.8, 4) is 17.2 Å². The van der Waals surface area contributed by atoms with Gasteiger partial charge in [-0.05, 0) is 61.4 Å². The SMILES string of the molecule is CCOc1ccc(N(CC(=O)N(Cc2cccc(C)c2)[C@@H](Cc2ccccc2)C(=O)NC)S(=O)(=O)c2ccc(OC)c(OC)c2)cc1. The molecule has 0 saturated carbocycles. The van der Waals surface area contributed by atoms with Crippen LogP contribution in [-0.2, 0) is 32.6 Å². The minimum absolute atomic E-state index is 0.0823. The Morgan fingerprint density at radius 2 is 1.51 bits per heavy atom. The van der Waals surface area contributed by atoms with E-state index in [1.807, 2.05) is 68.4 Å². The molecule has 47 heavy (non-hydrogen) atoms. The van der Waals surface area contributed by atoms with Gasteiger partial charge in [0.1, 0.15) is 18.3 Å². The summed E-state index contributed by atoms with van der Waals surface area (Å²) in [5.41, 5.74) is 2.88. The van der Waals surface area contributed by atoms with Crippen LogP contribution in [0, 0.1) is 6.92 Å². The van der Waals surface area contributed by atoms with E-state index in [0.717, 1.165) is 21.0 Å². The number of carbonyl (C=O) groups is 2. The van der Waals surface area contributed by atoms with Gasteiger partial charge < -0.3 is 24.4 Å². The van der Waals surface area contributed by atoms with E-state index < -0.39 is 28.5 Å². The summed E-state index contributed by atoms with van der Waals surface area (Å²) in [7, 11) is 0.0407. The fraction of sp³-hybridized carbons (Fsp3) is 0.278. The molecule has 1 N–H and O–H groups in total. The van der Waals surface area contributed by atoms with Crippen molar-refractivity contribution >= 4 is 27.5 Å². The van der Waals surface area contributed by atoms with Gasteiger partial charge in [-0.2, -0.15) is 0 Å². The molecule has 0 radical (unpaired) electrons. The average molecular weight is 660 g/mol. The lowest BCUT2D eigenvalue weighted by atomic mass is 10.0. The molecule has 2 amide bonds. The summed E-state index contributed by atoms with van der Waals surface area (Å²) >= 11 is 0. The Morgan fingerprint density at radius 1 is 0.830 bits per heavy atom.